The van der Waals surface area contributed by atoms with Crippen LogP contribution in [0.15, 0.2) is 53.5 Å². The number of fused-ring (bicyclic) bond motifs is 1. The summed E-state index contributed by atoms with van der Waals surface area (Å²) >= 11 is 0. The van der Waals surface area contributed by atoms with Crippen LogP contribution in [0.25, 0.3) is 0 Å². The maximum absolute atomic E-state index is 4.98. The van der Waals surface area contributed by atoms with Crippen molar-refractivity contribution < 1.29 is 0 Å². The van der Waals surface area contributed by atoms with Gasteiger partial charge in [0.15, 0.2) is 0 Å². The van der Waals surface area contributed by atoms with E-state index < -0.39 is 0 Å². The summed E-state index contributed by atoms with van der Waals surface area (Å²) in [6.07, 6.45) is 2.09. The maximum atomic E-state index is 4.98. The molecule has 2 aromatic carbocycles. The molecule has 4 rings (SSSR count). The molecule has 2 aliphatic rings. The van der Waals surface area contributed by atoms with Gasteiger partial charge in [-0.1, -0.05) is 42.0 Å². The third-order valence-corrected chi connectivity index (χ3v) is 4.96. The number of hydrogen-bond donors (Lipinski definition) is 3. The van der Waals surface area contributed by atoms with Gasteiger partial charge >= 0.3 is 0 Å². The van der Waals surface area contributed by atoms with Crippen LogP contribution in [0.5, 0.6) is 0 Å². The second kappa shape index (κ2) is 6.29. The molecule has 0 bridgehead atoms. The van der Waals surface area contributed by atoms with Crippen molar-refractivity contribution in [3.63, 3.8) is 0 Å². The van der Waals surface area contributed by atoms with Crippen molar-refractivity contribution in [2.24, 2.45) is 4.99 Å². The van der Waals surface area contributed by atoms with Crippen LogP contribution in [0.1, 0.15) is 24.0 Å². The van der Waals surface area contributed by atoms with E-state index >= 15 is 0 Å². The number of para-hydroxylation sites is 2. The Balaban J connectivity index is 1.63. The minimum absolute atomic E-state index is 0.0799. The summed E-state index contributed by atoms with van der Waals surface area (Å²) in [5, 5.41) is 10.9. The number of hydrogen-bond acceptors (Lipinski definition) is 4. The van der Waals surface area contributed by atoms with Crippen LogP contribution in [0.4, 0.5) is 11.4 Å². The van der Waals surface area contributed by atoms with Crippen LogP contribution >= 0.6 is 0 Å². The molecule has 2 aliphatic heterocycles. The Labute approximate surface area is 143 Å². The van der Waals surface area contributed by atoms with Crippen LogP contribution in [0.2, 0.25) is 0 Å². The van der Waals surface area contributed by atoms with Gasteiger partial charge in [0.25, 0.3) is 0 Å². The lowest BCUT2D eigenvalue weighted by Crippen LogP contribution is -2.58. The molecule has 24 heavy (non-hydrogen) atoms. The third kappa shape index (κ3) is 2.89. The van der Waals surface area contributed by atoms with E-state index in [0.717, 1.165) is 49.7 Å². The third-order valence-electron chi connectivity index (χ3n) is 4.96. The normalized spacial score (nSPS) is 18.5. The largest absolute Gasteiger partial charge is 0.371 e. The number of aliphatic imine (C=N–C) groups is 1. The standard InChI is InChI=1S/C20H24N4/c1-15-5-4-6-16(13-15)14-22-19-20(9-11-21-12-10-20)24-18-8-3-2-7-17(18)23-19/h2-8,13,21,24H,9-12,14H2,1H3,(H,22,23). The van der Waals surface area contributed by atoms with Gasteiger partial charge in [-0.25, -0.2) is 4.99 Å². The summed E-state index contributed by atoms with van der Waals surface area (Å²) in [5.41, 5.74) is 4.66. The monoisotopic (exact) mass is 320 g/mol. The Morgan fingerprint density at radius 1 is 1.08 bits per heavy atom. The fourth-order valence-electron chi connectivity index (χ4n) is 3.65. The van der Waals surface area contributed by atoms with Gasteiger partial charge in [-0.2, -0.15) is 0 Å². The molecule has 0 saturated carbocycles. The molecular formula is C20H24N4. The Bertz CT molecular complexity index is 760. The zero-order chi connectivity index (χ0) is 16.4. The molecule has 2 aromatic rings. The predicted octanol–water partition coefficient (Wildman–Crippen LogP) is 3.36. The van der Waals surface area contributed by atoms with Gasteiger partial charge in [-0.15, -0.1) is 0 Å². The zero-order valence-electron chi connectivity index (χ0n) is 14.1. The lowest BCUT2D eigenvalue weighted by molar-refractivity contribution is 0.412. The van der Waals surface area contributed by atoms with E-state index in [2.05, 4.69) is 65.3 Å². The van der Waals surface area contributed by atoms with Crippen molar-refractivity contribution >= 4 is 17.2 Å². The molecule has 0 amide bonds. The first kappa shape index (κ1) is 15.2. The highest BCUT2D eigenvalue weighted by atomic mass is 15.2. The van der Waals surface area contributed by atoms with Crippen molar-refractivity contribution in [3.8, 4) is 0 Å². The van der Waals surface area contributed by atoms with Crippen molar-refractivity contribution in [2.45, 2.75) is 31.8 Å². The van der Waals surface area contributed by atoms with Crippen molar-refractivity contribution in [1.29, 1.82) is 0 Å². The van der Waals surface area contributed by atoms with Gasteiger partial charge in [0.05, 0.1) is 16.9 Å². The van der Waals surface area contributed by atoms with Crippen LogP contribution in [-0.2, 0) is 6.54 Å². The lowest BCUT2D eigenvalue weighted by atomic mass is 9.85. The molecule has 2 heterocycles. The Kier molecular flexibility index (Phi) is 3.98. The average Bonchev–Trinajstić information content (AvgIpc) is 2.61. The topological polar surface area (TPSA) is 48.5 Å². The van der Waals surface area contributed by atoms with Gasteiger partial charge in [-0.3, -0.25) is 0 Å². The van der Waals surface area contributed by atoms with E-state index in [1.165, 1.54) is 11.1 Å². The number of anilines is 1. The van der Waals surface area contributed by atoms with Crippen molar-refractivity contribution in [3.05, 3.63) is 59.7 Å². The van der Waals surface area contributed by atoms with E-state index in [9.17, 15) is 0 Å². The summed E-state index contributed by atoms with van der Waals surface area (Å²) < 4.78 is 0. The number of amidine groups is 1. The van der Waals surface area contributed by atoms with Crippen LogP contribution in [0.3, 0.4) is 0 Å². The molecule has 1 spiro atoms. The highest BCUT2D eigenvalue weighted by molar-refractivity contribution is 6.00. The molecule has 4 nitrogen and oxygen atoms in total. The van der Waals surface area contributed by atoms with Crippen molar-refractivity contribution in [1.82, 2.24) is 10.6 Å². The van der Waals surface area contributed by atoms with Gasteiger partial charge in [0.2, 0.25) is 0 Å². The summed E-state index contributed by atoms with van der Waals surface area (Å²) in [6.45, 7) is 4.97. The molecule has 0 aliphatic carbocycles. The zero-order valence-corrected chi connectivity index (χ0v) is 14.1. The molecule has 0 aromatic heterocycles. The number of piperidine rings is 1. The van der Waals surface area contributed by atoms with Crippen LogP contribution in [-0.4, -0.2) is 24.5 Å². The SMILES string of the molecule is Cc1cccc(CNC2=Nc3ccccc3NC23CCNCC3)c1. The maximum Gasteiger partial charge on any atom is 0.128 e. The number of benzene rings is 2. The molecule has 124 valence electrons. The Morgan fingerprint density at radius 3 is 2.75 bits per heavy atom. The molecule has 0 atom stereocenters. The fourth-order valence-corrected chi connectivity index (χ4v) is 3.65. The molecule has 1 saturated heterocycles. The second-order valence-electron chi connectivity index (χ2n) is 6.78. The molecule has 1 fully saturated rings. The molecule has 0 unspecified atom stereocenters. The fraction of sp³-hybridized carbons (Fsp3) is 0.350. The van der Waals surface area contributed by atoms with Gasteiger partial charge < -0.3 is 16.0 Å². The van der Waals surface area contributed by atoms with Crippen LogP contribution < -0.4 is 16.0 Å². The molecule has 0 radical (unpaired) electrons. The van der Waals surface area contributed by atoms with Crippen molar-refractivity contribution in [2.75, 3.05) is 18.4 Å². The molecule has 3 N–H and O–H groups in total. The first-order chi connectivity index (χ1) is 11.8. The quantitative estimate of drug-likeness (QED) is 0.795. The highest BCUT2D eigenvalue weighted by Gasteiger charge is 2.40. The van der Waals surface area contributed by atoms with E-state index in [1.54, 1.807) is 0 Å². The Morgan fingerprint density at radius 2 is 1.92 bits per heavy atom. The Hall–Kier alpha value is -2.33. The first-order valence-corrected chi connectivity index (χ1v) is 8.72. The number of nitrogens with one attached hydrogen (secondary N) is 3. The highest BCUT2D eigenvalue weighted by Crippen LogP contribution is 2.36. The van der Waals surface area contributed by atoms with Gasteiger partial charge in [0.1, 0.15) is 5.84 Å². The van der Waals surface area contributed by atoms with Gasteiger partial charge in [-0.05, 0) is 50.6 Å². The lowest BCUT2D eigenvalue weighted by Gasteiger charge is -2.43. The summed E-state index contributed by atoms with van der Waals surface area (Å²) in [4.78, 5) is 4.98. The number of nitrogens with zero attached hydrogens (tertiary/aromatic N) is 1. The first-order valence-electron chi connectivity index (χ1n) is 8.72. The predicted molar refractivity (Wildman–Crippen MR) is 100 cm³/mol. The summed E-state index contributed by atoms with van der Waals surface area (Å²) in [5.74, 6) is 1.07. The van der Waals surface area contributed by atoms with E-state index in [-0.39, 0.29) is 5.54 Å². The average molecular weight is 320 g/mol. The second-order valence-corrected chi connectivity index (χ2v) is 6.78. The summed E-state index contributed by atoms with van der Waals surface area (Å²) in [6, 6.07) is 17.0. The smallest absolute Gasteiger partial charge is 0.128 e. The summed E-state index contributed by atoms with van der Waals surface area (Å²) in [7, 11) is 0. The van der Waals surface area contributed by atoms with E-state index in [0.29, 0.717) is 0 Å². The van der Waals surface area contributed by atoms with Crippen LogP contribution in [0, 0.1) is 6.92 Å². The van der Waals surface area contributed by atoms with E-state index in [1.807, 2.05) is 6.07 Å². The van der Waals surface area contributed by atoms with Gasteiger partial charge in [0, 0.05) is 6.54 Å². The number of aryl methyl sites for hydroxylation is 1. The molecule has 4 heteroatoms. The minimum atomic E-state index is -0.0799. The number of rotatable bonds is 2. The minimum Gasteiger partial charge on any atom is -0.371 e. The molecular weight excluding hydrogens is 296 g/mol. The van der Waals surface area contributed by atoms with E-state index in [4.69, 9.17) is 4.99 Å².